The molecule has 0 unspecified atom stereocenters. The minimum Gasteiger partial charge on any atom is -0.452 e. The third-order valence-corrected chi connectivity index (χ3v) is 5.94. The first kappa shape index (κ1) is 21.0. The zero-order chi connectivity index (χ0) is 21.6. The van der Waals surface area contributed by atoms with Crippen molar-refractivity contribution < 1.29 is 14.3 Å². The predicted octanol–water partition coefficient (Wildman–Crippen LogP) is 5.21. The first-order valence-electron chi connectivity index (χ1n) is 11.0. The van der Waals surface area contributed by atoms with Crippen molar-refractivity contribution in [3.63, 3.8) is 0 Å². The second-order valence-electron chi connectivity index (χ2n) is 8.18. The lowest BCUT2D eigenvalue weighted by Crippen LogP contribution is -2.37. The molecular weight excluding hydrogens is 388 g/mol. The Balaban J connectivity index is 1.55. The lowest BCUT2D eigenvalue weighted by molar-refractivity contribution is -0.125. The highest BCUT2D eigenvalue weighted by Gasteiger charge is 2.21. The molecule has 31 heavy (non-hydrogen) atoms. The van der Waals surface area contributed by atoms with Crippen molar-refractivity contribution in [3.05, 3.63) is 65.7 Å². The van der Waals surface area contributed by atoms with E-state index in [-0.39, 0.29) is 18.6 Å². The number of esters is 1. The summed E-state index contributed by atoms with van der Waals surface area (Å²) in [5, 5.41) is 3.76. The zero-order valence-corrected chi connectivity index (χ0v) is 17.9. The van der Waals surface area contributed by atoms with Gasteiger partial charge in [0.05, 0.1) is 16.8 Å². The molecule has 5 nitrogen and oxygen atoms in total. The highest BCUT2D eigenvalue weighted by Crippen LogP contribution is 2.30. The smallest absolute Gasteiger partial charge is 0.339 e. The third kappa shape index (κ3) is 4.93. The SMILES string of the molecule is Cc1c(-c2ccccc2)nc2ccccc2c1C(=O)OCC(=O)NC1CCCCCC1. The number of carbonyl (C=O) groups is 2. The van der Waals surface area contributed by atoms with Gasteiger partial charge in [-0.25, -0.2) is 9.78 Å². The number of amides is 1. The molecule has 1 aliphatic carbocycles. The number of benzene rings is 2. The fourth-order valence-electron chi connectivity index (χ4n) is 4.34. The average Bonchev–Trinajstić information content (AvgIpc) is 3.06. The molecule has 4 rings (SSSR count). The minimum absolute atomic E-state index is 0.182. The molecule has 0 radical (unpaired) electrons. The van der Waals surface area contributed by atoms with Gasteiger partial charge in [0.2, 0.25) is 0 Å². The quantitative estimate of drug-likeness (QED) is 0.458. The van der Waals surface area contributed by atoms with Gasteiger partial charge >= 0.3 is 5.97 Å². The van der Waals surface area contributed by atoms with Crippen molar-refractivity contribution in [1.29, 1.82) is 0 Å². The van der Waals surface area contributed by atoms with Crippen molar-refractivity contribution in [2.24, 2.45) is 0 Å². The van der Waals surface area contributed by atoms with Gasteiger partial charge in [-0.3, -0.25) is 4.79 Å². The molecule has 5 heteroatoms. The molecule has 0 atom stereocenters. The minimum atomic E-state index is -0.496. The fraction of sp³-hybridized carbons (Fsp3) is 0.346. The van der Waals surface area contributed by atoms with Crippen LogP contribution >= 0.6 is 0 Å². The van der Waals surface area contributed by atoms with Crippen LogP contribution in [0.4, 0.5) is 0 Å². The third-order valence-electron chi connectivity index (χ3n) is 5.94. The molecule has 1 aromatic heterocycles. The van der Waals surface area contributed by atoms with E-state index in [0.717, 1.165) is 53.4 Å². The number of carbonyl (C=O) groups excluding carboxylic acids is 2. The molecule has 1 aliphatic rings. The number of nitrogens with one attached hydrogen (secondary N) is 1. The largest absolute Gasteiger partial charge is 0.452 e. The summed E-state index contributed by atoms with van der Waals surface area (Å²) in [5.41, 5.74) is 3.62. The van der Waals surface area contributed by atoms with Gasteiger partial charge in [-0.1, -0.05) is 74.2 Å². The second-order valence-corrected chi connectivity index (χ2v) is 8.18. The monoisotopic (exact) mass is 416 g/mol. The van der Waals surface area contributed by atoms with Crippen LogP contribution in [-0.4, -0.2) is 29.5 Å². The normalized spacial score (nSPS) is 14.7. The van der Waals surface area contributed by atoms with Crippen LogP contribution in [0, 0.1) is 6.92 Å². The van der Waals surface area contributed by atoms with Crippen LogP contribution in [0.25, 0.3) is 22.2 Å². The van der Waals surface area contributed by atoms with Crippen molar-refractivity contribution >= 4 is 22.8 Å². The zero-order valence-electron chi connectivity index (χ0n) is 17.9. The predicted molar refractivity (Wildman–Crippen MR) is 122 cm³/mol. The Morgan fingerprint density at radius 1 is 0.968 bits per heavy atom. The molecule has 1 fully saturated rings. The number of nitrogens with zero attached hydrogens (tertiary/aromatic N) is 1. The highest BCUT2D eigenvalue weighted by atomic mass is 16.5. The number of hydrogen-bond acceptors (Lipinski definition) is 4. The maximum atomic E-state index is 13.1. The number of fused-ring (bicyclic) bond motifs is 1. The lowest BCUT2D eigenvalue weighted by atomic mass is 9.98. The van der Waals surface area contributed by atoms with E-state index < -0.39 is 5.97 Å². The molecule has 1 amide bonds. The first-order valence-corrected chi connectivity index (χ1v) is 11.0. The molecule has 1 saturated carbocycles. The summed E-state index contributed by atoms with van der Waals surface area (Å²) < 4.78 is 5.46. The molecule has 0 aliphatic heterocycles. The van der Waals surface area contributed by atoms with E-state index in [1.54, 1.807) is 0 Å². The van der Waals surface area contributed by atoms with Crippen LogP contribution < -0.4 is 5.32 Å². The molecular formula is C26H28N2O3. The Morgan fingerprint density at radius 3 is 2.39 bits per heavy atom. The number of aromatic nitrogens is 1. The Hall–Kier alpha value is -3.21. The molecule has 0 bridgehead atoms. The van der Waals surface area contributed by atoms with Gasteiger partial charge in [0.15, 0.2) is 6.61 Å². The molecule has 0 spiro atoms. The Labute approximate surface area is 182 Å². The summed E-state index contributed by atoms with van der Waals surface area (Å²) in [6.45, 7) is 1.61. The number of hydrogen-bond donors (Lipinski definition) is 1. The molecule has 160 valence electrons. The maximum Gasteiger partial charge on any atom is 0.339 e. The summed E-state index contributed by atoms with van der Waals surface area (Å²) >= 11 is 0. The molecule has 0 saturated heterocycles. The fourth-order valence-corrected chi connectivity index (χ4v) is 4.34. The Morgan fingerprint density at radius 2 is 1.65 bits per heavy atom. The second kappa shape index (κ2) is 9.73. The first-order chi connectivity index (χ1) is 15.1. The van der Waals surface area contributed by atoms with Crippen molar-refractivity contribution in [2.45, 2.75) is 51.5 Å². The van der Waals surface area contributed by atoms with Crippen LogP contribution in [0.2, 0.25) is 0 Å². The number of rotatable bonds is 5. The van der Waals surface area contributed by atoms with E-state index in [9.17, 15) is 9.59 Å². The topological polar surface area (TPSA) is 68.3 Å². The van der Waals surface area contributed by atoms with Crippen LogP contribution in [0.5, 0.6) is 0 Å². The van der Waals surface area contributed by atoms with Crippen LogP contribution in [-0.2, 0) is 9.53 Å². The van der Waals surface area contributed by atoms with Gasteiger partial charge in [-0.15, -0.1) is 0 Å². The van der Waals surface area contributed by atoms with E-state index in [2.05, 4.69) is 5.32 Å². The van der Waals surface area contributed by atoms with Crippen molar-refractivity contribution in [2.75, 3.05) is 6.61 Å². The average molecular weight is 417 g/mol. The molecule has 3 aromatic rings. The Kier molecular flexibility index (Phi) is 6.60. The van der Waals surface area contributed by atoms with E-state index in [1.807, 2.05) is 61.5 Å². The van der Waals surface area contributed by atoms with Gasteiger partial charge in [-0.05, 0) is 31.4 Å². The summed E-state index contributed by atoms with van der Waals surface area (Å²) in [7, 11) is 0. The van der Waals surface area contributed by atoms with E-state index in [4.69, 9.17) is 9.72 Å². The van der Waals surface area contributed by atoms with Crippen LogP contribution in [0.1, 0.15) is 54.4 Å². The van der Waals surface area contributed by atoms with Gasteiger partial charge in [-0.2, -0.15) is 0 Å². The lowest BCUT2D eigenvalue weighted by Gasteiger charge is -2.17. The van der Waals surface area contributed by atoms with E-state index >= 15 is 0 Å². The summed E-state index contributed by atoms with van der Waals surface area (Å²) in [6, 6.07) is 17.5. The number of ether oxygens (including phenoxy) is 1. The van der Waals surface area contributed by atoms with Gasteiger partial charge < -0.3 is 10.1 Å². The highest BCUT2D eigenvalue weighted by molar-refractivity contribution is 6.06. The van der Waals surface area contributed by atoms with Crippen molar-refractivity contribution in [3.8, 4) is 11.3 Å². The van der Waals surface area contributed by atoms with Gasteiger partial charge in [0, 0.05) is 17.0 Å². The molecule has 1 heterocycles. The number of para-hydroxylation sites is 1. The maximum absolute atomic E-state index is 13.1. The van der Waals surface area contributed by atoms with Crippen LogP contribution in [0.15, 0.2) is 54.6 Å². The summed E-state index contributed by atoms with van der Waals surface area (Å²) in [6.07, 6.45) is 6.70. The van der Waals surface area contributed by atoms with Gasteiger partial charge in [0.1, 0.15) is 0 Å². The molecule has 2 aromatic carbocycles. The van der Waals surface area contributed by atoms with E-state index in [0.29, 0.717) is 5.56 Å². The van der Waals surface area contributed by atoms with Gasteiger partial charge in [0.25, 0.3) is 5.91 Å². The van der Waals surface area contributed by atoms with E-state index in [1.165, 1.54) is 12.8 Å². The van der Waals surface area contributed by atoms with Crippen LogP contribution in [0.3, 0.4) is 0 Å². The Bertz CT molecular complexity index is 1070. The summed E-state index contributed by atoms with van der Waals surface area (Å²) in [5.74, 6) is -0.733. The standard InChI is InChI=1S/C26H28N2O3/c1-18-24(26(30)31-17-23(29)27-20-13-7-2-3-8-14-20)21-15-9-10-16-22(21)28-25(18)19-11-5-4-6-12-19/h4-6,9-12,15-16,20H,2-3,7-8,13-14,17H2,1H3,(H,27,29). The summed E-state index contributed by atoms with van der Waals surface area (Å²) in [4.78, 5) is 30.3. The number of pyridine rings is 1. The molecule has 1 N–H and O–H groups in total. The van der Waals surface area contributed by atoms with Crippen molar-refractivity contribution in [1.82, 2.24) is 10.3 Å².